The molecule has 0 spiro atoms. The summed E-state index contributed by atoms with van der Waals surface area (Å²) in [5.74, 6) is 0. The largest absolute Gasteiger partial charge is 0.232 e. The number of hydrogen-bond acceptors (Lipinski definition) is 0. The van der Waals surface area contributed by atoms with Crippen molar-refractivity contribution in [2.45, 2.75) is 18.9 Å². The first kappa shape index (κ1) is 5.93. The second kappa shape index (κ2) is 2.10. The molecule has 0 N–H and O–H groups in total. The zero-order chi connectivity index (χ0) is 6.97. The summed E-state index contributed by atoms with van der Waals surface area (Å²) in [4.78, 5) is 0. The van der Waals surface area contributed by atoms with Crippen LogP contribution in [0.15, 0.2) is 24.3 Å². The molecule has 1 aromatic rings. The van der Waals surface area contributed by atoms with Crippen LogP contribution in [0.2, 0.25) is 0 Å². The summed E-state index contributed by atoms with van der Waals surface area (Å²) in [6.45, 7) is 0. The smallest absolute Gasteiger partial charge is 0.101 e. The maximum absolute atomic E-state index is 11.0. The van der Waals surface area contributed by atoms with E-state index in [-0.39, 0.29) is 6.10 Å². The summed E-state index contributed by atoms with van der Waals surface area (Å²) in [7, 11) is 0. The first-order valence-corrected chi connectivity index (χ1v) is 3.59. The van der Waals surface area contributed by atoms with Gasteiger partial charge >= 0.3 is 0 Å². The zero-order valence-corrected chi connectivity index (χ0v) is 5.71. The van der Waals surface area contributed by atoms with Gasteiger partial charge in [-0.2, -0.15) is 0 Å². The fourth-order valence-electron chi connectivity index (χ4n) is 1.52. The molecule has 0 atom stereocenters. The second-order valence-corrected chi connectivity index (χ2v) is 2.80. The molecular weight excluding hydrogens is 124 g/mol. The second-order valence-electron chi connectivity index (χ2n) is 2.80. The molecule has 1 nitrogen and oxygen atoms in total. The van der Waals surface area contributed by atoms with E-state index in [4.69, 9.17) is 0 Å². The average Bonchev–Trinajstić information content (AvgIpc) is 2.27. The molecule has 0 saturated heterocycles. The van der Waals surface area contributed by atoms with E-state index < -0.39 is 0 Å². The SMILES string of the molecule is [O]C1Cc2ccccc2C1. The third-order valence-electron chi connectivity index (χ3n) is 2.01. The van der Waals surface area contributed by atoms with Gasteiger partial charge in [0.1, 0.15) is 6.10 Å². The first-order valence-electron chi connectivity index (χ1n) is 3.59. The highest BCUT2D eigenvalue weighted by molar-refractivity contribution is 5.32. The molecule has 2 rings (SSSR count). The van der Waals surface area contributed by atoms with Crippen LogP contribution in [0.3, 0.4) is 0 Å². The maximum Gasteiger partial charge on any atom is 0.101 e. The summed E-state index contributed by atoms with van der Waals surface area (Å²) < 4.78 is 0. The highest BCUT2D eigenvalue weighted by Gasteiger charge is 2.18. The lowest BCUT2D eigenvalue weighted by Gasteiger charge is -1.92. The minimum absolute atomic E-state index is 0.377. The molecule has 0 aliphatic heterocycles. The van der Waals surface area contributed by atoms with Crippen LogP contribution >= 0.6 is 0 Å². The topological polar surface area (TPSA) is 19.9 Å². The predicted molar refractivity (Wildman–Crippen MR) is 38.3 cm³/mol. The monoisotopic (exact) mass is 133 g/mol. The van der Waals surface area contributed by atoms with E-state index in [1.165, 1.54) is 11.1 Å². The average molecular weight is 133 g/mol. The van der Waals surface area contributed by atoms with Gasteiger partial charge in [0.2, 0.25) is 0 Å². The van der Waals surface area contributed by atoms with Crippen molar-refractivity contribution in [3.63, 3.8) is 0 Å². The Labute approximate surface area is 60.3 Å². The molecule has 10 heavy (non-hydrogen) atoms. The van der Waals surface area contributed by atoms with Gasteiger partial charge in [-0.05, 0) is 11.1 Å². The van der Waals surface area contributed by atoms with Crippen LogP contribution in [0, 0.1) is 0 Å². The van der Waals surface area contributed by atoms with Gasteiger partial charge in [-0.25, -0.2) is 5.11 Å². The van der Waals surface area contributed by atoms with Gasteiger partial charge < -0.3 is 0 Å². The van der Waals surface area contributed by atoms with Crippen molar-refractivity contribution in [3.05, 3.63) is 35.4 Å². The van der Waals surface area contributed by atoms with Crippen molar-refractivity contribution in [1.29, 1.82) is 0 Å². The van der Waals surface area contributed by atoms with Crippen LogP contribution < -0.4 is 0 Å². The van der Waals surface area contributed by atoms with E-state index in [2.05, 4.69) is 0 Å². The number of hydrogen-bond donors (Lipinski definition) is 0. The van der Waals surface area contributed by atoms with Crippen molar-refractivity contribution in [1.82, 2.24) is 0 Å². The van der Waals surface area contributed by atoms with Crippen LogP contribution in [-0.4, -0.2) is 6.10 Å². The molecule has 0 fully saturated rings. The molecule has 0 unspecified atom stereocenters. The van der Waals surface area contributed by atoms with Crippen molar-refractivity contribution in [2.75, 3.05) is 0 Å². The molecule has 0 bridgehead atoms. The van der Waals surface area contributed by atoms with Gasteiger partial charge in [-0.15, -0.1) is 0 Å². The lowest BCUT2D eigenvalue weighted by molar-refractivity contribution is 0.0986. The number of rotatable bonds is 0. The van der Waals surface area contributed by atoms with Crippen LogP contribution in [0.5, 0.6) is 0 Å². The molecule has 0 amide bonds. The Morgan fingerprint density at radius 2 is 1.60 bits per heavy atom. The van der Waals surface area contributed by atoms with E-state index in [1.54, 1.807) is 0 Å². The summed E-state index contributed by atoms with van der Waals surface area (Å²) in [6.07, 6.45) is 1.09. The van der Waals surface area contributed by atoms with E-state index in [9.17, 15) is 5.11 Å². The van der Waals surface area contributed by atoms with E-state index >= 15 is 0 Å². The fraction of sp³-hybridized carbons (Fsp3) is 0.333. The lowest BCUT2D eigenvalue weighted by atomic mass is 10.1. The number of fused-ring (bicyclic) bond motifs is 1. The van der Waals surface area contributed by atoms with Gasteiger partial charge in [-0.3, -0.25) is 0 Å². The normalized spacial score (nSPS) is 17.3. The van der Waals surface area contributed by atoms with Crippen LogP contribution in [0.1, 0.15) is 11.1 Å². The van der Waals surface area contributed by atoms with E-state index in [1.807, 2.05) is 24.3 Å². The first-order chi connectivity index (χ1) is 4.86. The van der Waals surface area contributed by atoms with Crippen molar-refractivity contribution in [3.8, 4) is 0 Å². The highest BCUT2D eigenvalue weighted by atomic mass is 16.3. The van der Waals surface area contributed by atoms with Gasteiger partial charge in [0.25, 0.3) is 0 Å². The van der Waals surface area contributed by atoms with Crippen LogP contribution in [-0.2, 0) is 17.9 Å². The Kier molecular flexibility index (Phi) is 1.24. The molecule has 1 aliphatic rings. The Hall–Kier alpha value is -0.820. The molecule has 1 aliphatic carbocycles. The summed E-state index contributed by atoms with van der Waals surface area (Å²) >= 11 is 0. The van der Waals surface area contributed by atoms with Gasteiger partial charge in [0.15, 0.2) is 0 Å². The molecular formula is C9H9O. The summed E-state index contributed by atoms with van der Waals surface area (Å²) in [5, 5.41) is 11.0. The molecule has 51 valence electrons. The highest BCUT2D eigenvalue weighted by Crippen LogP contribution is 2.21. The van der Waals surface area contributed by atoms with E-state index in [0.29, 0.717) is 0 Å². The quantitative estimate of drug-likeness (QED) is 0.512. The van der Waals surface area contributed by atoms with Crippen molar-refractivity contribution < 1.29 is 5.11 Å². The summed E-state index contributed by atoms with van der Waals surface area (Å²) in [5.41, 5.74) is 2.50. The molecule has 0 saturated carbocycles. The lowest BCUT2D eigenvalue weighted by Crippen LogP contribution is -2.01. The van der Waals surface area contributed by atoms with Gasteiger partial charge in [0.05, 0.1) is 0 Å². The third-order valence-corrected chi connectivity index (χ3v) is 2.01. The molecule has 1 aromatic carbocycles. The van der Waals surface area contributed by atoms with Crippen molar-refractivity contribution in [2.24, 2.45) is 0 Å². The van der Waals surface area contributed by atoms with Gasteiger partial charge in [0, 0.05) is 12.8 Å². The Bertz CT molecular complexity index is 217. The fourth-order valence-corrected chi connectivity index (χ4v) is 1.52. The molecule has 0 heterocycles. The maximum atomic E-state index is 11.0. The standard InChI is InChI=1S/C9H9O/c10-9-5-7-3-1-2-4-8(7)6-9/h1-4,9H,5-6H2. The third kappa shape index (κ3) is 0.830. The summed E-state index contributed by atoms with van der Waals surface area (Å²) in [6, 6.07) is 8.09. The number of benzene rings is 1. The van der Waals surface area contributed by atoms with Crippen molar-refractivity contribution >= 4 is 0 Å². The Morgan fingerprint density at radius 1 is 1.10 bits per heavy atom. The van der Waals surface area contributed by atoms with Crippen LogP contribution in [0.25, 0.3) is 0 Å². The Morgan fingerprint density at radius 3 is 2.10 bits per heavy atom. The molecule has 0 aromatic heterocycles. The minimum Gasteiger partial charge on any atom is -0.232 e. The van der Waals surface area contributed by atoms with Gasteiger partial charge in [-0.1, -0.05) is 24.3 Å². The van der Waals surface area contributed by atoms with Crippen LogP contribution in [0.4, 0.5) is 0 Å². The predicted octanol–water partition coefficient (Wildman–Crippen LogP) is 1.58. The zero-order valence-electron chi connectivity index (χ0n) is 5.71. The Balaban J connectivity index is 2.42. The van der Waals surface area contributed by atoms with E-state index in [0.717, 1.165) is 12.8 Å². The molecule has 1 heteroatoms. The minimum atomic E-state index is -0.377. The molecule has 1 radical (unpaired) electrons.